The molecule has 0 aromatic carbocycles. The van der Waals surface area contributed by atoms with Crippen LogP contribution in [-0.4, -0.2) is 32.6 Å². The van der Waals surface area contributed by atoms with E-state index >= 15 is 0 Å². The molecule has 0 spiro atoms. The fourth-order valence-electron chi connectivity index (χ4n) is 1.36. The lowest BCUT2D eigenvalue weighted by Crippen LogP contribution is -2.37. The molecule has 0 saturated carbocycles. The summed E-state index contributed by atoms with van der Waals surface area (Å²) in [5.41, 5.74) is 2.69. The maximum Gasteiger partial charge on any atom is 0.202 e. The summed E-state index contributed by atoms with van der Waals surface area (Å²) in [5.74, 6) is 1.17. The lowest BCUT2D eigenvalue weighted by atomic mass is 9.99. The number of rotatable bonds is 7. The Balaban J connectivity index is 3.99. The predicted octanol–water partition coefficient (Wildman–Crippen LogP) is 1.36. The Morgan fingerprint density at radius 2 is 2.20 bits per heavy atom. The average molecular weight is 213 g/mol. The minimum Gasteiger partial charge on any atom is -0.478 e. The van der Waals surface area contributed by atoms with Crippen LogP contribution in [0.5, 0.6) is 0 Å². The monoisotopic (exact) mass is 213 g/mol. The molecule has 0 fully saturated rings. The van der Waals surface area contributed by atoms with E-state index in [0.29, 0.717) is 24.5 Å². The van der Waals surface area contributed by atoms with Crippen molar-refractivity contribution in [2.24, 2.45) is 11.0 Å². The van der Waals surface area contributed by atoms with Gasteiger partial charge in [0.15, 0.2) is 0 Å². The van der Waals surface area contributed by atoms with Crippen LogP contribution >= 0.6 is 0 Å². The molecule has 0 amide bonds. The van der Waals surface area contributed by atoms with E-state index in [2.05, 4.69) is 29.3 Å². The van der Waals surface area contributed by atoms with E-state index in [1.165, 1.54) is 0 Å². The zero-order valence-corrected chi connectivity index (χ0v) is 10.2. The van der Waals surface area contributed by atoms with Crippen LogP contribution in [0.3, 0.4) is 0 Å². The van der Waals surface area contributed by atoms with Crippen molar-refractivity contribution in [3.63, 3.8) is 0 Å². The summed E-state index contributed by atoms with van der Waals surface area (Å²) in [7, 11) is 3.70. The van der Waals surface area contributed by atoms with Crippen molar-refractivity contribution in [2.45, 2.75) is 26.3 Å². The van der Waals surface area contributed by atoms with Gasteiger partial charge in [0.25, 0.3) is 0 Å². The molecular formula is C11H23N3O. The zero-order chi connectivity index (χ0) is 11.7. The Bertz CT molecular complexity index is 204. The normalized spacial score (nSPS) is 15.6. The third kappa shape index (κ3) is 6.12. The second-order valence-electron chi connectivity index (χ2n) is 3.56. The maximum atomic E-state index is 5.49. The Hall–Kier alpha value is -1.03. The molecule has 4 nitrogen and oxygen atoms in total. The standard InChI is InChI=1S/C11H23N3O/c1-6-7-9(2)11(12-4)8-15-10(3)14-13-5/h6,9,11-13H,1,7-8H2,2-5H3. The highest BCUT2D eigenvalue weighted by atomic mass is 16.5. The molecule has 0 aliphatic carbocycles. The summed E-state index contributed by atoms with van der Waals surface area (Å²) >= 11 is 0. The molecule has 0 saturated heterocycles. The number of nitrogens with one attached hydrogen (secondary N) is 2. The largest absolute Gasteiger partial charge is 0.478 e. The van der Waals surface area contributed by atoms with Crippen LogP contribution in [-0.2, 0) is 4.74 Å². The van der Waals surface area contributed by atoms with Gasteiger partial charge in [-0.05, 0) is 19.4 Å². The fourth-order valence-corrected chi connectivity index (χ4v) is 1.36. The summed E-state index contributed by atoms with van der Waals surface area (Å²) in [6.45, 7) is 8.38. The highest BCUT2D eigenvalue weighted by molar-refractivity contribution is 5.72. The van der Waals surface area contributed by atoms with Gasteiger partial charge in [0, 0.05) is 20.0 Å². The Morgan fingerprint density at radius 3 is 2.67 bits per heavy atom. The molecule has 2 unspecified atom stereocenters. The summed E-state index contributed by atoms with van der Waals surface area (Å²) < 4.78 is 5.49. The van der Waals surface area contributed by atoms with Crippen molar-refractivity contribution in [1.82, 2.24) is 10.7 Å². The van der Waals surface area contributed by atoms with E-state index in [-0.39, 0.29) is 0 Å². The lowest BCUT2D eigenvalue weighted by Gasteiger charge is -2.22. The molecule has 0 rings (SSSR count). The summed E-state index contributed by atoms with van der Waals surface area (Å²) in [6, 6.07) is 0.324. The number of allylic oxidation sites excluding steroid dienone is 1. The highest BCUT2D eigenvalue weighted by Gasteiger charge is 2.14. The molecule has 4 heteroatoms. The van der Waals surface area contributed by atoms with Crippen LogP contribution in [0.15, 0.2) is 17.8 Å². The van der Waals surface area contributed by atoms with Gasteiger partial charge in [-0.3, -0.25) is 0 Å². The summed E-state index contributed by atoms with van der Waals surface area (Å²) in [5, 5.41) is 7.17. The van der Waals surface area contributed by atoms with Crippen molar-refractivity contribution in [2.75, 3.05) is 20.7 Å². The van der Waals surface area contributed by atoms with Crippen molar-refractivity contribution in [3.8, 4) is 0 Å². The van der Waals surface area contributed by atoms with Crippen molar-refractivity contribution in [3.05, 3.63) is 12.7 Å². The maximum absolute atomic E-state index is 5.49. The Kier molecular flexibility index (Phi) is 7.72. The van der Waals surface area contributed by atoms with Crippen LogP contribution in [0.4, 0.5) is 0 Å². The van der Waals surface area contributed by atoms with Gasteiger partial charge in [-0.1, -0.05) is 13.0 Å². The van der Waals surface area contributed by atoms with Gasteiger partial charge in [-0.15, -0.1) is 11.7 Å². The molecule has 2 N–H and O–H groups in total. The average Bonchev–Trinajstić information content (AvgIpc) is 2.19. The molecule has 0 aromatic heterocycles. The van der Waals surface area contributed by atoms with Gasteiger partial charge in [-0.2, -0.15) is 0 Å². The number of likely N-dealkylation sites (N-methyl/N-ethyl adjacent to an activating group) is 1. The molecule has 0 bridgehead atoms. The van der Waals surface area contributed by atoms with Crippen molar-refractivity contribution < 1.29 is 4.74 Å². The number of hydrogen-bond donors (Lipinski definition) is 2. The van der Waals surface area contributed by atoms with E-state index in [1.54, 1.807) is 7.05 Å². The Labute approximate surface area is 92.8 Å². The van der Waals surface area contributed by atoms with Crippen LogP contribution in [0.1, 0.15) is 20.3 Å². The first kappa shape index (κ1) is 14.0. The molecule has 0 radical (unpaired) electrons. The second kappa shape index (κ2) is 8.29. The molecule has 0 aliphatic heterocycles. The van der Waals surface area contributed by atoms with Crippen LogP contribution < -0.4 is 10.7 Å². The van der Waals surface area contributed by atoms with Gasteiger partial charge in [0.1, 0.15) is 6.61 Å². The molecule has 15 heavy (non-hydrogen) atoms. The minimum atomic E-state index is 0.324. The molecule has 88 valence electrons. The zero-order valence-electron chi connectivity index (χ0n) is 10.2. The first-order valence-corrected chi connectivity index (χ1v) is 5.27. The van der Waals surface area contributed by atoms with Gasteiger partial charge >= 0.3 is 0 Å². The summed E-state index contributed by atoms with van der Waals surface area (Å²) in [6.07, 6.45) is 2.92. The second-order valence-corrected chi connectivity index (χ2v) is 3.56. The fraction of sp³-hybridized carbons (Fsp3) is 0.727. The third-order valence-electron chi connectivity index (χ3n) is 2.34. The van der Waals surface area contributed by atoms with E-state index in [1.807, 2.05) is 20.0 Å². The number of ether oxygens (including phenoxy) is 1. The van der Waals surface area contributed by atoms with Crippen molar-refractivity contribution >= 4 is 5.90 Å². The topological polar surface area (TPSA) is 45.6 Å². The molecule has 0 heterocycles. The molecule has 0 aromatic rings. The molecule has 0 aliphatic rings. The minimum absolute atomic E-state index is 0.324. The first-order valence-electron chi connectivity index (χ1n) is 5.27. The number of hydrazone groups is 1. The van der Waals surface area contributed by atoms with Crippen LogP contribution in [0.25, 0.3) is 0 Å². The number of nitrogens with zero attached hydrogens (tertiary/aromatic N) is 1. The molecule has 2 atom stereocenters. The van der Waals surface area contributed by atoms with Crippen LogP contribution in [0, 0.1) is 5.92 Å². The van der Waals surface area contributed by atoms with E-state index in [9.17, 15) is 0 Å². The quantitative estimate of drug-likeness (QED) is 0.290. The van der Waals surface area contributed by atoms with E-state index in [4.69, 9.17) is 4.74 Å². The van der Waals surface area contributed by atoms with Gasteiger partial charge < -0.3 is 15.5 Å². The smallest absolute Gasteiger partial charge is 0.202 e. The van der Waals surface area contributed by atoms with Gasteiger partial charge in [0.2, 0.25) is 5.90 Å². The third-order valence-corrected chi connectivity index (χ3v) is 2.34. The van der Waals surface area contributed by atoms with Gasteiger partial charge in [0.05, 0.1) is 0 Å². The predicted molar refractivity (Wildman–Crippen MR) is 64.9 cm³/mol. The van der Waals surface area contributed by atoms with Gasteiger partial charge in [-0.25, -0.2) is 0 Å². The van der Waals surface area contributed by atoms with Crippen molar-refractivity contribution in [1.29, 1.82) is 0 Å². The van der Waals surface area contributed by atoms with E-state index < -0.39 is 0 Å². The lowest BCUT2D eigenvalue weighted by molar-refractivity contribution is 0.218. The highest BCUT2D eigenvalue weighted by Crippen LogP contribution is 2.08. The number of hydrogen-bond acceptors (Lipinski definition) is 4. The summed E-state index contributed by atoms with van der Waals surface area (Å²) in [4.78, 5) is 0. The van der Waals surface area contributed by atoms with Crippen LogP contribution in [0.2, 0.25) is 0 Å². The first-order chi connectivity index (χ1) is 7.15. The Morgan fingerprint density at radius 1 is 1.53 bits per heavy atom. The molecular weight excluding hydrogens is 190 g/mol. The SMILES string of the molecule is C=CCC(C)C(COC(C)=NNC)NC. The van der Waals surface area contributed by atoms with E-state index in [0.717, 1.165) is 6.42 Å².